The van der Waals surface area contributed by atoms with E-state index in [-0.39, 0.29) is 23.5 Å². The molecular formula is C20H23NO3S. The second-order valence-electron chi connectivity index (χ2n) is 8.46. The van der Waals surface area contributed by atoms with Gasteiger partial charge in [0.2, 0.25) is 11.8 Å². The van der Waals surface area contributed by atoms with Crippen LogP contribution in [0, 0.1) is 22.7 Å². The Kier molecular flexibility index (Phi) is 3.34. The normalized spacial score (nSPS) is 31.4. The summed E-state index contributed by atoms with van der Waals surface area (Å²) in [4.78, 5) is 40.3. The maximum Gasteiger partial charge on any atom is 0.234 e. The third-order valence-electron chi connectivity index (χ3n) is 6.62. The number of amides is 2. The zero-order valence-corrected chi connectivity index (χ0v) is 15.9. The van der Waals surface area contributed by atoms with Crippen LogP contribution in [0.2, 0.25) is 0 Å². The van der Waals surface area contributed by atoms with E-state index in [0.717, 1.165) is 5.56 Å². The van der Waals surface area contributed by atoms with Gasteiger partial charge in [-0.3, -0.25) is 19.3 Å². The SMILES string of the molecule is CC1(C)C(=O)C(C)(C)C12SC[C@@H]1C(=O)N(Cc3ccccc3)C(=O)[C@@H]12. The molecule has 0 radical (unpaired) electrons. The van der Waals surface area contributed by atoms with Gasteiger partial charge in [0.05, 0.1) is 23.1 Å². The molecule has 2 atom stereocenters. The van der Waals surface area contributed by atoms with Crippen LogP contribution in [0.3, 0.4) is 0 Å². The molecule has 0 bridgehead atoms. The number of benzene rings is 1. The first-order chi connectivity index (χ1) is 11.7. The van der Waals surface area contributed by atoms with Gasteiger partial charge in [-0.1, -0.05) is 58.0 Å². The van der Waals surface area contributed by atoms with Gasteiger partial charge in [-0.15, -0.1) is 0 Å². The van der Waals surface area contributed by atoms with Gasteiger partial charge in [0.15, 0.2) is 0 Å². The van der Waals surface area contributed by atoms with Crippen molar-refractivity contribution in [1.29, 1.82) is 0 Å². The Hall–Kier alpha value is -1.62. The van der Waals surface area contributed by atoms with E-state index in [4.69, 9.17) is 0 Å². The van der Waals surface area contributed by atoms with Crippen molar-refractivity contribution in [3.63, 3.8) is 0 Å². The molecule has 3 fully saturated rings. The molecule has 5 heteroatoms. The monoisotopic (exact) mass is 357 g/mol. The van der Waals surface area contributed by atoms with Crippen LogP contribution in [-0.4, -0.2) is 33.0 Å². The lowest BCUT2D eigenvalue weighted by atomic mass is 9.42. The quantitative estimate of drug-likeness (QED) is 0.764. The molecule has 1 aromatic rings. The summed E-state index contributed by atoms with van der Waals surface area (Å²) in [5.74, 6) is -0.0495. The maximum absolute atomic E-state index is 13.3. The van der Waals surface area contributed by atoms with E-state index in [1.165, 1.54) is 4.90 Å². The number of carbonyl (C=O) groups is 3. The number of imide groups is 1. The number of nitrogens with zero attached hydrogens (tertiary/aromatic N) is 1. The third-order valence-corrected chi connectivity index (χ3v) is 8.88. The molecule has 0 aromatic heterocycles. The first-order valence-corrected chi connectivity index (χ1v) is 9.73. The molecule has 25 heavy (non-hydrogen) atoms. The number of carbonyl (C=O) groups excluding carboxylic acids is 3. The highest BCUT2D eigenvalue weighted by Gasteiger charge is 2.81. The number of thioether (sulfide) groups is 1. The molecule has 2 amide bonds. The van der Waals surface area contributed by atoms with Gasteiger partial charge in [-0.05, 0) is 5.56 Å². The minimum atomic E-state index is -0.584. The van der Waals surface area contributed by atoms with Gasteiger partial charge in [0.25, 0.3) is 0 Å². The Balaban J connectivity index is 1.72. The second-order valence-corrected chi connectivity index (χ2v) is 9.72. The van der Waals surface area contributed by atoms with Crippen molar-refractivity contribution in [2.45, 2.75) is 39.0 Å². The van der Waals surface area contributed by atoms with Gasteiger partial charge in [-0.25, -0.2) is 0 Å². The van der Waals surface area contributed by atoms with E-state index < -0.39 is 21.5 Å². The molecule has 132 valence electrons. The predicted molar refractivity (Wildman–Crippen MR) is 96.7 cm³/mol. The minimum Gasteiger partial charge on any atom is -0.298 e. The first-order valence-electron chi connectivity index (χ1n) is 8.74. The fraction of sp³-hybridized carbons (Fsp3) is 0.550. The molecule has 1 saturated carbocycles. The van der Waals surface area contributed by atoms with Crippen molar-refractivity contribution >= 4 is 29.4 Å². The molecule has 1 spiro atoms. The Morgan fingerprint density at radius 1 is 1.00 bits per heavy atom. The molecule has 2 aliphatic heterocycles. The highest BCUT2D eigenvalue weighted by Crippen LogP contribution is 2.73. The number of fused-ring (bicyclic) bond motifs is 2. The summed E-state index contributed by atoms with van der Waals surface area (Å²) in [6.45, 7) is 8.07. The lowest BCUT2D eigenvalue weighted by Crippen LogP contribution is -2.75. The molecule has 0 unspecified atom stereocenters. The smallest absolute Gasteiger partial charge is 0.234 e. The standard InChI is InChI=1S/C20H23NO3S/c1-18(2)17(24)19(3,4)20(18)14-13(11-25-20)15(22)21(16(14)23)10-12-8-6-5-7-9-12/h5-9,13-14H,10-11H2,1-4H3/t13-,14+/m0/s1. The topological polar surface area (TPSA) is 54.5 Å². The van der Waals surface area contributed by atoms with Crippen molar-refractivity contribution in [3.8, 4) is 0 Å². The fourth-order valence-electron chi connectivity index (χ4n) is 5.62. The molecule has 2 saturated heterocycles. The maximum atomic E-state index is 13.3. The lowest BCUT2D eigenvalue weighted by Gasteiger charge is -2.65. The van der Waals surface area contributed by atoms with E-state index in [9.17, 15) is 14.4 Å². The molecule has 0 N–H and O–H groups in total. The third kappa shape index (κ3) is 1.77. The van der Waals surface area contributed by atoms with E-state index in [1.807, 2.05) is 58.0 Å². The van der Waals surface area contributed by atoms with Crippen LogP contribution in [0.5, 0.6) is 0 Å². The fourth-order valence-corrected chi connectivity index (χ4v) is 7.75. The summed E-state index contributed by atoms with van der Waals surface area (Å²) in [7, 11) is 0. The van der Waals surface area contributed by atoms with Gasteiger partial charge < -0.3 is 0 Å². The average molecular weight is 357 g/mol. The van der Waals surface area contributed by atoms with Crippen molar-refractivity contribution < 1.29 is 14.4 Å². The van der Waals surface area contributed by atoms with Crippen molar-refractivity contribution in [1.82, 2.24) is 4.90 Å². The zero-order chi connectivity index (χ0) is 18.2. The Labute approximate surface area is 152 Å². The molecule has 1 aromatic carbocycles. The zero-order valence-electron chi connectivity index (χ0n) is 15.0. The highest BCUT2D eigenvalue weighted by molar-refractivity contribution is 8.01. The van der Waals surface area contributed by atoms with Crippen LogP contribution in [0.1, 0.15) is 33.3 Å². The molecule has 1 aliphatic carbocycles. The Bertz CT molecular complexity index is 765. The van der Waals surface area contributed by atoms with E-state index in [1.54, 1.807) is 11.8 Å². The Morgan fingerprint density at radius 3 is 2.20 bits per heavy atom. The summed E-state index contributed by atoms with van der Waals surface area (Å²) < 4.78 is -0.486. The molecule has 2 heterocycles. The average Bonchev–Trinajstić information content (AvgIpc) is 3.10. The number of Topliss-reactive ketones (excluding diaryl/α,β-unsaturated/α-hetero) is 1. The Morgan fingerprint density at radius 2 is 1.60 bits per heavy atom. The molecule has 4 rings (SSSR count). The summed E-state index contributed by atoms with van der Waals surface area (Å²) in [6.07, 6.45) is 0. The number of hydrogen-bond acceptors (Lipinski definition) is 4. The number of rotatable bonds is 2. The van der Waals surface area contributed by atoms with Crippen LogP contribution in [-0.2, 0) is 20.9 Å². The van der Waals surface area contributed by atoms with Gasteiger partial charge in [0.1, 0.15) is 5.78 Å². The molecule has 4 nitrogen and oxygen atoms in total. The largest absolute Gasteiger partial charge is 0.298 e. The van der Waals surface area contributed by atoms with E-state index in [2.05, 4.69) is 0 Å². The number of ketones is 1. The summed E-state index contributed by atoms with van der Waals surface area (Å²) in [6, 6.07) is 9.60. The first kappa shape index (κ1) is 16.8. The summed E-state index contributed by atoms with van der Waals surface area (Å²) in [5, 5.41) is 0. The lowest BCUT2D eigenvalue weighted by molar-refractivity contribution is -0.167. The second kappa shape index (κ2) is 4.97. The minimum absolute atomic E-state index is 0.0748. The van der Waals surface area contributed by atoms with Crippen molar-refractivity contribution in [3.05, 3.63) is 35.9 Å². The predicted octanol–water partition coefficient (Wildman–Crippen LogP) is 2.91. The summed E-state index contributed by atoms with van der Waals surface area (Å²) >= 11 is 1.67. The van der Waals surface area contributed by atoms with Crippen LogP contribution in [0.25, 0.3) is 0 Å². The van der Waals surface area contributed by atoms with Crippen LogP contribution >= 0.6 is 11.8 Å². The van der Waals surface area contributed by atoms with Crippen LogP contribution in [0.15, 0.2) is 30.3 Å². The van der Waals surface area contributed by atoms with E-state index in [0.29, 0.717) is 12.3 Å². The van der Waals surface area contributed by atoms with Crippen molar-refractivity contribution in [2.75, 3.05) is 5.75 Å². The van der Waals surface area contributed by atoms with Crippen molar-refractivity contribution in [2.24, 2.45) is 22.7 Å². The van der Waals surface area contributed by atoms with Gasteiger partial charge >= 0.3 is 0 Å². The molecule has 3 aliphatic rings. The summed E-state index contributed by atoms with van der Waals surface area (Å²) in [5.41, 5.74) is -0.215. The number of likely N-dealkylation sites (tertiary alicyclic amines) is 1. The van der Waals surface area contributed by atoms with Gasteiger partial charge in [0, 0.05) is 16.6 Å². The van der Waals surface area contributed by atoms with Crippen LogP contribution in [0.4, 0.5) is 0 Å². The highest BCUT2D eigenvalue weighted by atomic mass is 32.2. The van der Waals surface area contributed by atoms with Gasteiger partial charge in [-0.2, -0.15) is 11.8 Å². The molecular weight excluding hydrogens is 334 g/mol. The van der Waals surface area contributed by atoms with E-state index >= 15 is 0 Å². The van der Waals surface area contributed by atoms with Crippen LogP contribution < -0.4 is 0 Å². The number of hydrogen-bond donors (Lipinski definition) is 0.